The molecule has 2 heterocycles. The van der Waals surface area contributed by atoms with Gasteiger partial charge in [0.05, 0.1) is 5.25 Å². The van der Waals surface area contributed by atoms with Crippen molar-refractivity contribution in [2.24, 2.45) is 5.92 Å². The van der Waals surface area contributed by atoms with Crippen LogP contribution in [0.5, 0.6) is 0 Å². The SMILES string of the molecule is CC(C)S(=O)(=O)N1C[C@@H]2CCCCN[C@@H]2C1. The number of nitrogens with zero attached hydrogens (tertiary/aromatic N) is 1. The molecule has 5 heteroatoms. The first-order valence-electron chi connectivity index (χ1n) is 6.24. The monoisotopic (exact) mass is 246 g/mol. The standard InChI is InChI=1S/C11H22N2O2S/c1-9(2)16(14,15)13-7-10-5-3-4-6-12-11(10)8-13/h9-12H,3-8H2,1-2H3/t10-,11+/m0/s1. The molecular weight excluding hydrogens is 224 g/mol. The summed E-state index contributed by atoms with van der Waals surface area (Å²) in [7, 11) is -3.05. The van der Waals surface area contributed by atoms with Crippen molar-refractivity contribution in [3.05, 3.63) is 0 Å². The molecule has 2 aliphatic heterocycles. The zero-order chi connectivity index (χ0) is 11.8. The molecule has 0 aromatic carbocycles. The Morgan fingerprint density at radius 1 is 1.25 bits per heavy atom. The van der Waals surface area contributed by atoms with Gasteiger partial charge in [0.15, 0.2) is 0 Å². The van der Waals surface area contributed by atoms with Gasteiger partial charge in [0.2, 0.25) is 10.0 Å². The minimum absolute atomic E-state index is 0.296. The molecule has 0 radical (unpaired) electrons. The van der Waals surface area contributed by atoms with E-state index in [1.807, 2.05) is 0 Å². The van der Waals surface area contributed by atoms with Crippen molar-refractivity contribution in [1.82, 2.24) is 9.62 Å². The van der Waals surface area contributed by atoms with E-state index in [1.165, 1.54) is 19.3 Å². The van der Waals surface area contributed by atoms with Crippen LogP contribution in [0.15, 0.2) is 0 Å². The molecule has 4 nitrogen and oxygen atoms in total. The van der Waals surface area contributed by atoms with E-state index in [1.54, 1.807) is 18.2 Å². The molecule has 0 amide bonds. The highest BCUT2D eigenvalue weighted by Crippen LogP contribution is 2.27. The van der Waals surface area contributed by atoms with Crippen molar-refractivity contribution in [1.29, 1.82) is 0 Å². The van der Waals surface area contributed by atoms with E-state index in [9.17, 15) is 8.42 Å². The van der Waals surface area contributed by atoms with Gasteiger partial charge in [0.1, 0.15) is 0 Å². The zero-order valence-electron chi connectivity index (χ0n) is 10.1. The van der Waals surface area contributed by atoms with Crippen LogP contribution in [0.25, 0.3) is 0 Å². The molecule has 2 saturated heterocycles. The quantitative estimate of drug-likeness (QED) is 0.784. The second kappa shape index (κ2) is 4.63. The summed E-state index contributed by atoms with van der Waals surface area (Å²) in [5.74, 6) is 0.524. The second-order valence-corrected chi connectivity index (χ2v) is 7.72. The molecule has 2 fully saturated rings. The fourth-order valence-corrected chi connectivity index (χ4v) is 4.04. The van der Waals surface area contributed by atoms with Gasteiger partial charge in [-0.2, -0.15) is 4.31 Å². The number of hydrogen-bond acceptors (Lipinski definition) is 3. The van der Waals surface area contributed by atoms with E-state index >= 15 is 0 Å². The van der Waals surface area contributed by atoms with Gasteiger partial charge in [-0.25, -0.2) is 8.42 Å². The van der Waals surface area contributed by atoms with Crippen LogP contribution in [0.3, 0.4) is 0 Å². The van der Waals surface area contributed by atoms with Gasteiger partial charge in [-0.3, -0.25) is 0 Å². The Morgan fingerprint density at radius 3 is 2.69 bits per heavy atom. The molecule has 0 bridgehead atoms. The van der Waals surface area contributed by atoms with E-state index in [0.29, 0.717) is 18.5 Å². The van der Waals surface area contributed by atoms with Gasteiger partial charge >= 0.3 is 0 Å². The van der Waals surface area contributed by atoms with Crippen LogP contribution in [0.4, 0.5) is 0 Å². The van der Waals surface area contributed by atoms with E-state index < -0.39 is 10.0 Å². The average molecular weight is 246 g/mol. The summed E-state index contributed by atoms with van der Waals surface area (Å²) in [6.45, 7) is 5.95. The van der Waals surface area contributed by atoms with Crippen LogP contribution in [0.2, 0.25) is 0 Å². The topological polar surface area (TPSA) is 49.4 Å². The van der Waals surface area contributed by atoms with E-state index in [-0.39, 0.29) is 5.25 Å². The van der Waals surface area contributed by atoms with Crippen molar-refractivity contribution in [3.8, 4) is 0 Å². The number of rotatable bonds is 2. The van der Waals surface area contributed by atoms with Gasteiger partial charge in [-0.15, -0.1) is 0 Å². The molecule has 2 aliphatic rings. The van der Waals surface area contributed by atoms with Crippen molar-refractivity contribution in [3.63, 3.8) is 0 Å². The Hall–Kier alpha value is -0.130. The third kappa shape index (κ3) is 2.26. The summed E-state index contributed by atoms with van der Waals surface area (Å²) in [4.78, 5) is 0. The fourth-order valence-electron chi connectivity index (χ4n) is 2.68. The van der Waals surface area contributed by atoms with Crippen molar-refractivity contribution >= 4 is 10.0 Å². The predicted octanol–water partition coefficient (Wildman–Crippen LogP) is 0.798. The summed E-state index contributed by atoms with van der Waals surface area (Å²) < 4.78 is 25.8. The summed E-state index contributed by atoms with van der Waals surface area (Å²) in [5.41, 5.74) is 0. The Labute approximate surface area is 98.4 Å². The molecule has 1 N–H and O–H groups in total. The lowest BCUT2D eigenvalue weighted by Gasteiger charge is -2.19. The van der Waals surface area contributed by atoms with E-state index in [0.717, 1.165) is 13.1 Å². The zero-order valence-corrected chi connectivity index (χ0v) is 11.0. The van der Waals surface area contributed by atoms with E-state index in [4.69, 9.17) is 0 Å². The van der Waals surface area contributed by atoms with Crippen molar-refractivity contribution < 1.29 is 8.42 Å². The number of hydrogen-bond donors (Lipinski definition) is 1. The normalized spacial score (nSPS) is 32.7. The molecule has 0 saturated carbocycles. The van der Waals surface area contributed by atoms with Crippen LogP contribution < -0.4 is 5.32 Å². The first-order valence-corrected chi connectivity index (χ1v) is 7.74. The number of fused-ring (bicyclic) bond motifs is 1. The van der Waals surface area contributed by atoms with Crippen LogP contribution in [-0.4, -0.2) is 43.6 Å². The molecule has 2 rings (SSSR count). The number of sulfonamides is 1. The highest BCUT2D eigenvalue weighted by atomic mass is 32.2. The third-order valence-electron chi connectivity index (χ3n) is 3.77. The first kappa shape index (κ1) is 12.3. The predicted molar refractivity (Wildman–Crippen MR) is 64.8 cm³/mol. The van der Waals surface area contributed by atoms with Crippen LogP contribution in [-0.2, 0) is 10.0 Å². The Morgan fingerprint density at radius 2 is 2.00 bits per heavy atom. The smallest absolute Gasteiger partial charge is 0.216 e. The highest BCUT2D eigenvalue weighted by Gasteiger charge is 2.39. The molecule has 2 atom stereocenters. The van der Waals surface area contributed by atoms with Crippen molar-refractivity contribution in [2.45, 2.75) is 44.4 Å². The van der Waals surface area contributed by atoms with Gasteiger partial charge in [-0.1, -0.05) is 6.42 Å². The van der Waals surface area contributed by atoms with Gasteiger partial charge in [0, 0.05) is 19.1 Å². The Bertz CT molecular complexity index is 326. The Balaban J connectivity index is 2.07. The van der Waals surface area contributed by atoms with Crippen LogP contribution >= 0.6 is 0 Å². The lowest BCUT2D eigenvalue weighted by atomic mass is 9.99. The molecule has 0 unspecified atom stereocenters. The van der Waals surface area contributed by atoms with Crippen molar-refractivity contribution in [2.75, 3.05) is 19.6 Å². The summed E-state index contributed by atoms with van der Waals surface area (Å²) in [6.07, 6.45) is 3.62. The largest absolute Gasteiger partial charge is 0.312 e. The van der Waals surface area contributed by atoms with Crippen LogP contribution in [0, 0.1) is 5.92 Å². The van der Waals surface area contributed by atoms with Gasteiger partial charge in [0.25, 0.3) is 0 Å². The molecule has 0 aliphatic carbocycles. The molecule has 0 spiro atoms. The fraction of sp³-hybridized carbons (Fsp3) is 1.00. The maximum atomic E-state index is 12.1. The summed E-state index contributed by atoms with van der Waals surface area (Å²) >= 11 is 0. The highest BCUT2D eigenvalue weighted by molar-refractivity contribution is 7.89. The first-order chi connectivity index (χ1) is 7.51. The summed E-state index contributed by atoms with van der Waals surface area (Å²) in [5, 5.41) is 3.18. The molecular formula is C11H22N2O2S. The molecule has 0 aromatic heterocycles. The molecule has 0 aromatic rings. The van der Waals surface area contributed by atoms with Gasteiger partial charge in [-0.05, 0) is 39.2 Å². The molecule has 94 valence electrons. The minimum Gasteiger partial charge on any atom is -0.312 e. The Kier molecular flexibility index (Phi) is 3.56. The maximum absolute atomic E-state index is 12.1. The lowest BCUT2D eigenvalue weighted by Crippen LogP contribution is -2.38. The molecule has 16 heavy (non-hydrogen) atoms. The number of nitrogens with one attached hydrogen (secondary N) is 1. The minimum atomic E-state index is -3.05. The second-order valence-electron chi connectivity index (χ2n) is 5.23. The summed E-state index contributed by atoms with van der Waals surface area (Å²) in [6, 6.07) is 0.385. The average Bonchev–Trinajstić information content (AvgIpc) is 2.51. The van der Waals surface area contributed by atoms with E-state index in [2.05, 4.69) is 5.32 Å². The lowest BCUT2D eigenvalue weighted by molar-refractivity contribution is 0.433. The third-order valence-corrected chi connectivity index (χ3v) is 5.98. The van der Waals surface area contributed by atoms with Crippen LogP contribution in [0.1, 0.15) is 33.1 Å². The van der Waals surface area contributed by atoms with Gasteiger partial charge < -0.3 is 5.32 Å². The maximum Gasteiger partial charge on any atom is 0.216 e.